The van der Waals surface area contributed by atoms with E-state index >= 15 is 0 Å². The second kappa shape index (κ2) is 11.7. The average molecular weight is 529 g/mol. The van der Waals surface area contributed by atoms with Crippen molar-refractivity contribution in [2.75, 3.05) is 31.1 Å². The number of carbonyl (C=O) groups is 1. The Balaban J connectivity index is 1.26. The van der Waals surface area contributed by atoms with Gasteiger partial charge in [-0.05, 0) is 61.4 Å². The monoisotopic (exact) mass is 528 g/mol. The van der Waals surface area contributed by atoms with E-state index in [1.54, 1.807) is 23.0 Å². The zero-order valence-corrected chi connectivity index (χ0v) is 22.2. The summed E-state index contributed by atoms with van der Waals surface area (Å²) in [6.45, 7) is 7.04. The van der Waals surface area contributed by atoms with Gasteiger partial charge >= 0.3 is 5.69 Å². The number of anilines is 1. The molecule has 1 saturated heterocycles. The molecule has 9 heteroatoms. The first kappa shape index (κ1) is 26.4. The number of halogens is 1. The topological polar surface area (TPSA) is 75.4 Å². The van der Waals surface area contributed by atoms with E-state index in [1.165, 1.54) is 16.8 Å². The maximum Gasteiger partial charge on any atom is 0.350 e. The maximum absolute atomic E-state index is 13.6. The number of nitrogens with zero attached hydrogens (tertiary/aromatic N) is 5. The maximum atomic E-state index is 13.6. The molecule has 39 heavy (non-hydrogen) atoms. The molecule has 1 unspecified atom stereocenters. The van der Waals surface area contributed by atoms with Gasteiger partial charge in [-0.2, -0.15) is 5.10 Å². The van der Waals surface area contributed by atoms with Crippen LogP contribution in [-0.2, 0) is 11.3 Å². The van der Waals surface area contributed by atoms with Crippen molar-refractivity contribution in [1.82, 2.24) is 24.6 Å². The summed E-state index contributed by atoms with van der Waals surface area (Å²) in [5.74, 6) is -0.418. The Morgan fingerprint density at radius 3 is 2.26 bits per heavy atom. The molecule has 202 valence electrons. The Kier molecular flexibility index (Phi) is 7.88. The lowest BCUT2D eigenvalue weighted by atomic mass is 10.0. The summed E-state index contributed by atoms with van der Waals surface area (Å²) >= 11 is 0. The highest BCUT2D eigenvalue weighted by Crippen LogP contribution is 2.25. The first-order valence-electron chi connectivity index (χ1n) is 13.2. The Labute approximate surface area is 227 Å². The summed E-state index contributed by atoms with van der Waals surface area (Å²) in [6.07, 6.45) is 1.55. The normalized spacial score (nSPS) is 14.9. The third kappa shape index (κ3) is 5.93. The third-order valence-electron chi connectivity index (χ3n) is 7.07. The molecule has 1 aliphatic heterocycles. The molecule has 1 fully saturated rings. The quantitative estimate of drug-likeness (QED) is 0.375. The minimum Gasteiger partial charge on any atom is -0.369 e. The number of hydrogen-bond acceptors (Lipinski definition) is 5. The summed E-state index contributed by atoms with van der Waals surface area (Å²) in [6, 6.07) is 23.5. The van der Waals surface area contributed by atoms with Crippen LogP contribution < -0.4 is 15.9 Å². The summed E-state index contributed by atoms with van der Waals surface area (Å²) in [7, 11) is 0. The van der Waals surface area contributed by atoms with Crippen LogP contribution in [0.3, 0.4) is 0 Å². The van der Waals surface area contributed by atoms with Gasteiger partial charge in [0.2, 0.25) is 5.91 Å². The number of benzene rings is 3. The van der Waals surface area contributed by atoms with E-state index < -0.39 is 6.04 Å². The van der Waals surface area contributed by atoms with Crippen molar-refractivity contribution in [2.45, 2.75) is 32.5 Å². The van der Waals surface area contributed by atoms with Gasteiger partial charge in [-0.15, -0.1) is 0 Å². The predicted molar refractivity (Wildman–Crippen MR) is 149 cm³/mol. The fourth-order valence-electron chi connectivity index (χ4n) is 5.01. The van der Waals surface area contributed by atoms with E-state index in [4.69, 9.17) is 0 Å². The summed E-state index contributed by atoms with van der Waals surface area (Å²) in [5, 5.41) is 7.21. The van der Waals surface area contributed by atoms with E-state index in [0.29, 0.717) is 13.1 Å². The number of rotatable bonds is 8. The number of carbonyl (C=O) groups excluding carboxylic acids is 1. The summed E-state index contributed by atoms with van der Waals surface area (Å²) < 4.78 is 16.6. The number of aromatic nitrogens is 3. The van der Waals surface area contributed by atoms with Crippen LogP contribution in [0.1, 0.15) is 37.1 Å². The van der Waals surface area contributed by atoms with Crippen molar-refractivity contribution in [3.63, 3.8) is 0 Å². The molecule has 4 aromatic rings. The second-order valence-corrected chi connectivity index (χ2v) is 10.0. The second-order valence-electron chi connectivity index (χ2n) is 10.0. The molecule has 2 heterocycles. The van der Waals surface area contributed by atoms with Crippen LogP contribution in [0.2, 0.25) is 0 Å². The molecule has 1 aliphatic rings. The summed E-state index contributed by atoms with van der Waals surface area (Å²) in [4.78, 5) is 30.5. The Morgan fingerprint density at radius 2 is 1.62 bits per heavy atom. The van der Waals surface area contributed by atoms with Gasteiger partial charge in [0.25, 0.3) is 0 Å². The molecule has 0 radical (unpaired) electrons. The van der Waals surface area contributed by atoms with E-state index in [2.05, 4.69) is 20.2 Å². The van der Waals surface area contributed by atoms with Gasteiger partial charge in [-0.25, -0.2) is 18.4 Å². The fourth-order valence-corrected chi connectivity index (χ4v) is 5.01. The van der Waals surface area contributed by atoms with E-state index in [0.717, 1.165) is 35.6 Å². The molecule has 0 saturated carbocycles. The Morgan fingerprint density at radius 1 is 0.923 bits per heavy atom. The van der Waals surface area contributed by atoms with Gasteiger partial charge in [0.15, 0.2) is 0 Å². The SMILES string of the molecule is CC(C)n1ncn(-c2ccc(N3CCN(C(C(=O)NCc4cccc(F)c4)c4ccccc4)CC3)cc2)c1=O. The molecule has 0 spiro atoms. The molecular weight excluding hydrogens is 495 g/mol. The van der Waals surface area contributed by atoms with Crippen molar-refractivity contribution >= 4 is 11.6 Å². The third-order valence-corrected chi connectivity index (χ3v) is 7.07. The zero-order chi connectivity index (χ0) is 27.4. The molecule has 1 N–H and O–H groups in total. The number of hydrogen-bond donors (Lipinski definition) is 1. The predicted octanol–water partition coefficient (Wildman–Crippen LogP) is 3.93. The van der Waals surface area contributed by atoms with Crippen LogP contribution in [0.5, 0.6) is 0 Å². The van der Waals surface area contributed by atoms with Gasteiger partial charge in [0.05, 0.1) is 11.7 Å². The van der Waals surface area contributed by atoms with Crippen LogP contribution in [0, 0.1) is 5.82 Å². The van der Waals surface area contributed by atoms with Crippen LogP contribution >= 0.6 is 0 Å². The minimum atomic E-state index is -0.436. The van der Waals surface area contributed by atoms with Crippen molar-refractivity contribution in [2.24, 2.45) is 0 Å². The fraction of sp³-hybridized carbons (Fsp3) is 0.300. The molecule has 8 nitrogen and oxygen atoms in total. The lowest BCUT2D eigenvalue weighted by Gasteiger charge is -2.39. The molecule has 1 atom stereocenters. The van der Waals surface area contributed by atoms with Gasteiger partial charge in [-0.1, -0.05) is 42.5 Å². The Bertz CT molecular complexity index is 1460. The van der Waals surface area contributed by atoms with Crippen molar-refractivity contribution in [1.29, 1.82) is 0 Å². The van der Waals surface area contributed by atoms with Crippen molar-refractivity contribution in [3.8, 4) is 5.69 Å². The standard InChI is InChI=1S/C30H33FN6O2/c1-22(2)37-30(39)36(21-33-37)27-13-11-26(12-14-27)34-15-17-35(18-16-34)28(24-8-4-3-5-9-24)29(38)32-20-23-7-6-10-25(31)19-23/h3-14,19,21-22,28H,15-18,20H2,1-2H3,(H,32,38). The average Bonchev–Trinajstić information content (AvgIpc) is 3.35. The lowest BCUT2D eigenvalue weighted by Crippen LogP contribution is -2.51. The molecular formula is C30H33FN6O2. The minimum absolute atomic E-state index is 0.00236. The number of amides is 1. The lowest BCUT2D eigenvalue weighted by molar-refractivity contribution is -0.127. The first-order chi connectivity index (χ1) is 18.9. The van der Waals surface area contributed by atoms with E-state index in [9.17, 15) is 14.0 Å². The highest BCUT2D eigenvalue weighted by molar-refractivity contribution is 5.83. The zero-order valence-electron chi connectivity index (χ0n) is 22.2. The van der Waals surface area contributed by atoms with Crippen molar-refractivity contribution in [3.05, 3.63) is 113 Å². The molecule has 5 rings (SSSR count). The van der Waals surface area contributed by atoms with Gasteiger partial charge < -0.3 is 10.2 Å². The molecule has 3 aromatic carbocycles. The first-order valence-corrected chi connectivity index (χ1v) is 13.2. The van der Waals surface area contributed by atoms with E-state index in [-0.39, 0.29) is 30.0 Å². The smallest absolute Gasteiger partial charge is 0.350 e. The van der Waals surface area contributed by atoms with Crippen LogP contribution in [0.4, 0.5) is 10.1 Å². The highest BCUT2D eigenvalue weighted by Gasteiger charge is 2.30. The van der Waals surface area contributed by atoms with Crippen LogP contribution in [-0.4, -0.2) is 51.3 Å². The molecule has 1 amide bonds. The highest BCUT2D eigenvalue weighted by atomic mass is 19.1. The number of nitrogens with one attached hydrogen (secondary N) is 1. The number of piperazine rings is 1. The van der Waals surface area contributed by atoms with Gasteiger partial charge in [0.1, 0.15) is 18.2 Å². The van der Waals surface area contributed by atoms with Crippen LogP contribution in [0.15, 0.2) is 90.0 Å². The van der Waals surface area contributed by atoms with E-state index in [1.807, 2.05) is 68.4 Å². The molecule has 0 bridgehead atoms. The molecule has 0 aliphatic carbocycles. The van der Waals surface area contributed by atoms with Crippen LogP contribution in [0.25, 0.3) is 5.69 Å². The summed E-state index contributed by atoms with van der Waals surface area (Å²) in [5.41, 5.74) is 3.33. The molecule has 1 aromatic heterocycles. The van der Waals surface area contributed by atoms with Gasteiger partial charge in [-0.3, -0.25) is 9.69 Å². The Hall–Kier alpha value is -4.24. The van der Waals surface area contributed by atoms with Gasteiger partial charge in [0, 0.05) is 38.4 Å². The largest absolute Gasteiger partial charge is 0.369 e. The van der Waals surface area contributed by atoms with Crippen molar-refractivity contribution < 1.29 is 9.18 Å².